The number of aromatic nitrogens is 4. The molecule has 0 amide bonds. The lowest BCUT2D eigenvalue weighted by Gasteiger charge is -1.98. The third-order valence-electron chi connectivity index (χ3n) is 1.51. The van der Waals surface area contributed by atoms with Crippen LogP contribution in [0.1, 0.15) is 0 Å². The number of H-pyrrole nitrogens is 1. The number of hydrogen-bond acceptors (Lipinski definition) is 6. The van der Waals surface area contributed by atoms with Crippen LogP contribution in [0, 0.1) is 0 Å². The van der Waals surface area contributed by atoms with E-state index in [0.29, 0.717) is 16.0 Å². The molecule has 2 rings (SSSR count). The van der Waals surface area contributed by atoms with E-state index in [0.717, 1.165) is 0 Å². The molecule has 0 fully saturated rings. The fourth-order valence-corrected chi connectivity index (χ4v) is 1.57. The first-order valence-corrected chi connectivity index (χ1v) is 4.88. The Morgan fingerprint density at radius 1 is 1.27 bits per heavy atom. The SMILES string of the molecule is Nc1ccc(Sc2nccc(=O)[nH]2)nn1. The van der Waals surface area contributed by atoms with Crippen molar-refractivity contribution in [3.63, 3.8) is 0 Å². The molecule has 0 radical (unpaired) electrons. The fourth-order valence-electron chi connectivity index (χ4n) is 0.888. The van der Waals surface area contributed by atoms with E-state index in [1.807, 2.05) is 0 Å². The Morgan fingerprint density at radius 3 is 2.80 bits per heavy atom. The minimum absolute atomic E-state index is 0.198. The van der Waals surface area contributed by atoms with Gasteiger partial charge in [-0.25, -0.2) is 4.98 Å². The summed E-state index contributed by atoms with van der Waals surface area (Å²) in [5.41, 5.74) is 5.19. The van der Waals surface area contributed by atoms with Gasteiger partial charge in [0.15, 0.2) is 5.16 Å². The van der Waals surface area contributed by atoms with Crippen LogP contribution in [0.5, 0.6) is 0 Å². The van der Waals surface area contributed by atoms with E-state index in [2.05, 4.69) is 20.2 Å². The molecule has 0 aliphatic heterocycles. The maximum Gasteiger partial charge on any atom is 0.251 e. The van der Waals surface area contributed by atoms with E-state index >= 15 is 0 Å². The third kappa shape index (κ3) is 2.53. The van der Waals surface area contributed by atoms with E-state index in [-0.39, 0.29) is 5.56 Å². The number of nitrogens with two attached hydrogens (primary N) is 1. The number of aromatic amines is 1. The van der Waals surface area contributed by atoms with E-state index in [4.69, 9.17) is 5.73 Å². The zero-order valence-corrected chi connectivity index (χ0v) is 8.36. The van der Waals surface area contributed by atoms with Crippen LogP contribution in [-0.2, 0) is 0 Å². The van der Waals surface area contributed by atoms with Crippen LogP contribution in [-0.4, -0.2) is 20.2 Å². The average Bonchev–Trinajstić information content (AvgIpc) is 2.22. The molecule has 0 unspecified atom stereocenters. The Kier molecular flexibility index (Phi) is 2.64. The van der Waals surface area contributed by atoms with Gasteiger partial charge in [0.25, 0.3) is 5.56 Å². The summed E-state index contributed by atoms with van der Waals surface area (Å²) in [6, 6.07) is 4.69. The number of rotatable bonds is 2. The quantitative estimate of drug-likeness (QED) is 0.707. The molecule has 7 heteroatoms. The predicted molar refractivity (Wildman–Crippen MR) is 55.4 cm³/mol. The van der Waals surface area contributed by atoms with Crippen molar-refractivity contribution in [2.24, 2.45) is 0 Å². The van der Waals surface area contributed by atoms with E-state index in [9.17, 15) is 4.79 Å². The molecule has 0 saturated heterocycles. The van der Waals surface area contributed by atoms with Crippen molar-refractivity contribution in [3.8, 4) is 0 Å². The summed E-state index contributed by atoms with van der Waals surface area (Å²) >= 11 is 1.21. The molecule has 6 nitrogen and oxygen atoms in total. The smallest absolute Gasteiger partial charge is 0.251 e. The van der Waals surface area contributed by atoms with Crippen molar-refractivity contribution in [2.75, 3.05) is 5.73 Å². The second kappa shape index (κ2) is 4.09. The lowest BCUT2D eigenvalue weighted by molar-refractivity contribution is 0.907. The van der Waals surface area contributed by atoms with E-state index in [1.165, 1.54) is 24.0 Å². The molecule has 2 heterocycles. The van der Waals surface area contributed by atoms with Crippen LogP contribution >= 0.6 is 11.8 Å². The van der Waals surface area contributed by atoms with Gasteiger partial charge in [-0.3, -0.25) is 4.79 Å². The van der Waals surface area contributed by atoms with E-state index < -0.39 is 0 Å². The van der Waals surface area contributed by atoms with Crippen LogP contribution in [0.4, 0.5) is 5.82 Å². The highest BCUT2D eigenvalue weighted by Crippen LogP contribution is 2.20. The largest absolute Gasteiger partial charge is 0.382 e. The molecule has 0 spiro atoms. The Bertz CT molecular complexity index is 509. The highest BCUT2D eigenvalue weighted by Gasteiger charge is 2.01. The first kappa shape index (κ1) is 9.66. The Balaban J connectivity index is 2.22. The van der Waals surface area contributed by atoms with Gasteiger partial charge in [-0.1, -0.05) is 0 Å². The van der Waals surface area contributed by atoms with Gasteiger partial charge in [-0.15, -0.1) is 10.2 Å². The molecule has 0 bridgehead atoms. The maximum absolute atomic E-state index is 11.0. The molecule has 0 aromatic carbocycles. The topological polar surface area (TPSA) is 97.5 Å². The van der Waals surface area contributed by atoms with Gasteiger partial charge in [-0.05, 0) is 23.9 Å². The first-order chi connectivity index (χ1) is 7.24. The van der Waals surface area contributed by atoms with Gasteiger partial charge in [0.1, 0.15) is 10.8 Å². The summed E-state index contributed by atoms with van der Waals surface area (Å²) in [7, 11) is 0. The lowest BCUT2D eigenvalue weighted by atomic mass is 10.5. The summed E-state index contributed by atoms with van der Waals surface area (Å²) in [4.78, 5) is 17.5. The van der Waals surface area contributed by atoms with Crippen molar-refractivity contribution in [1.29, 1.82) is 0 Å². The number of nitrogens with one attached hydrogen (secondary N) is 1. The summed E-state index contributed by atoms with van der Waals surface area (Å²) in [6.07, 6.45) is 1.44. The number of hydrogen-bond donors (Lipinski definition) is 2. The van der Waals surface area contributed by atoms with Gasteiger partial charge < -0.3 is 10.7 Å². The van der Waals surface area contributed by atoms with Crippen LogP contribution in [0.25, 0.3) is 0 Å². The van der Waals surface area contributed by atoms with Crippen LogP contribution in [0.15, 0.2) is 39.4 Å². The Morgan fingerprint density at radius 2 is 2.13 bits per heavy atom. The summed E-state index contributed by atoms with van der Waals surface area (Å²) < 4.78 is 0. The van der Waals surface area contributed by atoms with Crippen LogP contribution < -0.4 is 11.3 Å². The maximum atomic E-state index is 11.0. The molecular formula is C8H7N5OS. The van der Waals surface area contributed by atoms with Gasteiger partial charge in [0, 0.05) is 12.3 Å². The zero-order chi connectivity index (χ0) is 10.7. The van der Waals surface area contributed by atoms with Gasteiger partial charge >= 0.3 is 0 Å². The molecular weight excluding hydrogens is 214 g/mol. The number of nitrogens with zero attached hydrogens (tertiary/aromatic N) is 3. The summed E-state index contributed by atoms with van der Waals surface area (Å²) in [5.74, 6) is 0.355. The monoisotopic (exact) mass is 221 g/mol. The minimum Gasteiger partial charge on any atom is -0.382 e. The molecule has 0 saturated carbocycles. The third-order valence-corrected chi connectivity index (χ3v) is 2.34. The second-order valence-corrected chi connectivity index (χ2v) is 3.65. The Hall–Kier alpha value is -1.89. The zero-order valence-electron chi connectivity index (χ0n) is 7.54. The second-order valence-electron chi connectivity index (χ2n) is 2.64. The van der Waals surface area contributed by atoms with Crippen molar-refractivity contribution in [2.45, 2.75) is 10.2 Å². The van der Waals surface area contributed by atoms with Crippen molar-refractivity contribution < 1.29 is 0 Å². The summed E-state index contributed by atoms with van der Waals surface area (Å²) in [5, 5.41) is 8.61. The number of anilines is 1. The van der Waals surface area contributed by atoms with Gasteiger partial charge in [-0.2, -0.15) is 0 Å². The molecule has 0 atom stereocenters. The predicted octanol–water partition coefficient (Wildman–Crippen LogP) is 0.293. The molecule has 0 aliphatic carbocycles. The van der Waals surface area contributed by atoms with Gasteiger partial charge in [0.2, 0.25) is 0 Å². The standard InChI is InChI=1S/C8H7N5OS/c9-5-1-2-7(13-12-5)15-8-10-4-3-6(14)11-8/h1-4H,(H2,9,12)(H,10,11,14). The molecule has 2 aromatic rings. The van der Waals surface area contributed by atoms with E-state index in [1.54, 1.807) is 12.1 Å². The molecule has 3 N–H and O–H groups in total. The van der Waals surface area contributed by atoms with Crippen molar-refractivity contribution in [3.05, 3.63) is 34.7 Å². The van der Waals surface area contributed by atoms with Crippen LogP contribution in [0.2, 0.25) is 0 Å². The number of nitrogen functional groups attached to an aromatic ring is 1. The minimum atomic E-state index is -0.198. The fraction of sp³-hybridized carbons (Fsp3) is 0. The van der Waals surface area contributed by atoms with Crippen molar-refractivity contribution in [1.82, 2.24) is 20.2 Å². The van der Waals surface area contributed by atoms with Crippen LogP contribution in [0.3, 0.4) is 0 Å². The highest BCUT2D eigenvalue weighted by atomic mass is 32.2. The average molecular weight is 221 g/mol. The molecule has 0 aliphatic rings. The highest BCUT2D eigenvalue weighted by molar-refractivity contribution is 7.99. The molecule has 15 heavy (non-hydrogen) atoms. The lowest BCUT2D eigenvalue weighted by Crippen LogP contribution is -2.05. The van der Waals surface area contributed by atoms with Gasteiger partial charge in [0.05, 0.1) is 0 Å². The normalized spacial score (nSPS) is 10.1. The molecule has 76 valence electrons. The summed E-state index contributed by atoms with van der Waals surface area (Å²) in [6.45, 7) is 0. The Labute approximate surface area is 89.0 Å². The first-order valence-electron chi connectivity index (χ1n) is 4.06. The molecule has 2 aromatic heterocycles. The van der Waals surface area contributed by atoms with Crippen molar-refractivity contribution >= 4 is 17.6 Å².